The van der Waals surface area contributed by atoms with Crippen LogP contribution in [0.1, 0.15) is 11.1 Å². The number of H-pyrrole nitrogens is 1. The Morgan fingerprint density at radius 3 is 3.10 bits per heavy atom. The Bertz CT molecular complexity index is 792. The molecule has 1 aromatic heterocycles. The zero-order valence-corrected chi connectivity index (χ0v) is 11.8. The number of benzene rings is 1. The quantitative estimate of drug-likeness (QED) is 0.718. The monoisotopic (exact) mass is 283 g/mol. The fraction of sp³-hybridized carbons (Fsp3) is 0.312. The largest absolute Gasteiger partial charge is 0.379 e. The van der Waals surface area contributed by atoms with Gasteiger partial charge in [-0.15, -0.1) is 0 Å². The summed E-state index contributed by atoms with van der Waals surface area (Å²) in [6.45, 7) is 0.470. The molecule has 1 aromatic carbocycles. The molecule has 2 aromatic rings. The number of nitrogens with two attached hydrogens (primary N) is 1. The molecule has 2 atom stereocenters. The van der Waals surface area contributed by atoms with Crippen molar-refractivity contribution >= 4 is 16.8 Å². The first-order chi connectivity index (χ1) is 10.0. The topological polar surface area (TPSA) is 82.3 Å². The lowest BCUT2D eigenvalue weighted by atomic mass is 9.73. The highest BCUT2D eigenvalue weighted by molar-refractivity contribution is 5.94. The Labute approximate surface area is 122 Å². The second-order valence-electron chi connectivity index (χ2n) is 6.04. The number of nitrogens with zero attached hydrogens (tertiary/aromatic N) is 1. The molecule has 0 radical (unpaired) electrons. The molecular formula is C16H17N3O2. The van der Waals surface area contributed by atoms with Crippen molar-refractivity contribution in [3.05, 3.63) is 47.2 Å². The summed E-state index contributed by atoms with van der Waals surface area (Å²) in [5, 5.41) is 12.4. The van der Waals surface area contributed by atoms with Crippen LogP contribution >= 0.6 is 0 Å². The lowest BCUT2D eigenvalue weighted by Gasteiger charge is -2.46. The predicted octanol–water partition coefficient (Wildman–Crippen LogP) is 0.637. The van der Waals surface area contributed by atoms with E-state index in [-0.39, 0.29) is 6.04 Å². The molecule has 0 saturated heterocycles. The van der Waals surface area contributed by atoms with Gasteiger partial charge in [-0.3, -0.25) is 9.69 Å². The zero-order valence-electron chi connectivity index (χ0n) is 11.8. The van der Waals surface area contributed by atoms with Gasteiger partial charge in [0.1, 0.15) is 5.60 Å². The first-order valence-corrected chi connectivity index (χ1v) is 7.04. The summed E-state index contributed by atoms with van der Waals surface area (Å²) in [5.74, 6) is -0.472. The highest BCUT2D eigenvalue weighted by atomic mass is 16.3. The molecule has 0 bridgehead atoms. The number of aromatic amines is 1. The Morgan fingerprint density at radius 1 is 1.52 bits per heavy atom. The van der Waals surface area contributed by atoms with E-state index in [9.17, 15) is 9.90 Å². The van der Waals surface area contributed by atoms with Crippen molar-refractivity contribution in [2.24, 2.45) is 5.73 Å². The van der Waals surface area contributed by atoms with Gasteiger partial charge in [-0.2, -0.15) is 0 Å². The molecule has 2 unspecified atom stereocenters. The molecule has 2 heterocycles. The summed E-state index contributed by atoms with van der Waals surface area (Å²) in [6, 6.07) is 5.76. The summed E-state index contributed by atoms with van der Waals surface area (Å²) in [6.07, 6.45) is 4.41. The van der Waals surface area contributed by atoms with Crippen LogP contribution in [0.25, 0.3) is 10.9 Å². The van der Waals surface area contributed by atoms with Gasteiger partial charge in [0.05, 0.1) is 6.04 Å². The SMILES string of the molecule is CN1CC(C(N)=O)=CC2(O)c3cccc4[nH]cc(c34)CC12. The van der Waals surface area contributed by atoms with Gasteiger partial charge in [0.2, 0.25) is 5.91 Å². The van der Waals surface area contributed by atoms with Gasteiger partial charge in [-0.1, -0.05) is 12.1 Å². The second-order valence-corrected chi connectivity index (χ2v) is 6.04. The van der Waals surface area contributed by atoms with Gasteiger partial charge >= 0.3 is 0 Å². The predicted molar refractivity (Wildman–Crippen MR) is 79.6 cm³/mol. The van der Waals surface area contributed by atoms with Crippen LogP contribution in [0, 0.1) is 0 Å². The van der Waals surface area contributed by atoms with Crippen molar-refractivity contribution in [1.29, 1.82) is 0 Å². The summed E-state index contributed by atoms with van der Waals surface area (Å²) >= 11 is 0. The van der Waals surface area contributed by atoms with Crippen molar-refractivity contribution in [3.8, 4) is 0 Å². The molecule has 0 spiro atoms. The molecule has 108 valence electrons. The van der Waals surface area contributed by atoms with Crippen molar-refractivity contribution < 1.29 is 9.90 Å². The molecule has 5 heteroatoms. The number of aromatic nitrogens is 1. The third kappa shape index (κ3) is 1.56. The maximum Gasteiger partial charge on any atom is 0.245 e. The van der Waals surface area contributed by atoms with E-state index in [1.807, 2.05) is 36.3 Å². The molecular weight excluding hydrogens is 266 g/mol. The molecule has 2 aliphatic rings. The van der Waals surface area contributed by atoms with E-state index >= 15 is 0 Å². The van der Waals surface area contributed by atoms with Crippen molar-refractivity contribution in [2.75, 3.05) is 13.6 Å². The smallest absolute Gasteiger partial charge is 0.245 e. The minimum absolute atomic E-state index is 0.0884. The van der Waals surface area contributed by atoms with E-state index in [0.29, 0.717) is 12.1 Å². The molecule has 5 nitrogen and oxygen atoms in total. The fourth-order valence-corrected chi connectivity index (χ4v) is 3.80. The molecule has 4 N–H and O–H groups in total. The van der Waals surface area contributed by atoms with Crippen LogP contribution in [0.2, 0.25) is 0 Å². The van der Waals surface area contributed by atoms with E-state index in [1.54, 1.807) is 6.08 Å². The first-order valence-electron chi connectivity index (χ1n) is 7.04. The van der Waals surface area contributed by atoms with Gasteiger partial charge in [-0.05, 0) is 36.7 Å². The lowest BCUT2D eigenvalue weighted by Crippen LogP contribution is -2.55. The Hall–Kier alpha value is -2.11. The second kappa shape index (κ2) is 3.96. The molecule has 0 saturated carbocycles. The average molecular weight is 283 g/mol. The number of hydrogen-bond acceptors (Lipinski definition) is 3. The summed E-state index contributed by atoms with van der Waals surface area (Å²) in [7, 11) is 1.92. The van der Waals surface area contributed by atoms with Crippen LogP contribution in [0.4, 0.5) is 0 Å². The van der Waals surface area contributed by atoms with E-state index in [0.717, 1.165) is 22.9 Å². The average Bonchev–Trinajstić information content (AvgIpc) is 2.85. The van der Waals surface area contributed by atoms with Gasteiger partial charge < -0.3 is 15.8 Å². The number of hydrogen-bond donors (Lipinski definition) is 3. The first kappa shape index (κ1) is 12.6. The standard InChI is InChI=1S/C16H17N3O2/c1-19-8-10(15(17)20)6-16(21)11-3-2-4-12-14(11)9(7-18-12)5-13(16)19/h2-4,6-7,13,18,21H,5,8H2,1H3,(H2,17,20). The molecule has 1 aliphatic carbocycles. The Balaban J connectivity index is 2.02. The summed E-state index contributed by atoms with van der Waals surface area (Å²) in [4.78, 5) is 16.8. The number of primary amides is 1. The van der Waals surface area contributed by atoms with Gasteiger partial charge in [-0.25, -0.2) is 0 Å². The van der Waals surface area contributed by atoms with Crippen molar-refractivity contribution in [1.82, 2.24) is 9.88 Å². The number of aliphatic hydroxyl groups is 1. The Kier molecular flexibility index (Phi) is 2.38. The van der Waals surface area contributed by atoms with Gasteiger partial charge in [0, 0.05) is 29.2 Å². The molecule has 21 heavy (non-hydrogen) atoms. The fourth-order valence-electron chi connectivity index (χ4n) is 3.80. The lowest BCUT2D eigenvalue weighted by molar-refractivity contribution is -0.115. The van der Waals surface area contributed by atoms with Gasteiger partial charge in [0.25, 0.3) is 0 Å². The van der Waals surface area contributed by atoms with Crippen molar-refractivity contribution in [3.63, 3.8) is 0 Å². The minimum Gasteiger partial charge on any atom is -0.379 e. The van der Waals surface area contributed by atoms with Crippen LogP contribution in [-0.2, 0) is 16.8 Å². The third-order valence-electron chi connectivity index (χ3n) is 4.80. The Morgan fingerprint density at radius 2 is 2.33 bits per heavy atom. The normalized spacial score (nSPS) is 28.3. The molecule has 1 amide bonds. The highest BCUT2D eigenvalue weighted by Gasteiger charge is 2.47. The summed E-state index contributed by atoms with van der Waals surface area (Å²) in [5.41, 5.74) is 7.78. The van der Waals surface area contributed by atoms with E-state index in [2.05, 4.69) is 4.98 Å². The maximum atomic E-state index is 11.6. The molecule has 0 fully saturated rings. The number of nitrogens with one attached hydrogen (secondary N) is 1. The van der Waals surface area contributed by atoms with E-state index in [4.69, 9.17) is 5.73 Å². The third-order valence-corrected chi connectivity index (χ3v) is 4.80. The van der Waals surface area contributed by atoms with Gasteiger partial charge in [0.15, 0.2) is 0 Å². The molecule has 4 rings (SSSR count). The van der Waals surface area contributed by atoms with Crippen LogP contribution < -0.4 is 5.73 Å². The van der Waals surface area contributed by atoms with Crippen LogP contribution in [0.3, 0.4) is 0 Å². The number of carbonyl (C=O) groups is 1. The molecule has 1 aliphatic heterocycles. The number of likely N-dealkylation sites (N-methyl/N-ethyl adjacent to an activating group) is 1. The summed E-state index contributed by atoms with van der Waals surface area (Å²) < 4.78 is 0. The number of rotatable bonds is 1. The highest BCUT2D eigenvalue weighted by Crippen LogP contribution is 2.44. The number of carbonyl (C=O) groups excluding carboxylic acids is 1. The van der Waals surface area contributed by atoms with E-state index in [1.165, 1.54) is 5.56 Å². The van der Waals surface area contributed by atoms with Crippen LogP contribution in [-0.4, -0.2) is 40.5 Å². The number of fused-ring (bicyclic) bond motifs is 2. The van der Waals surface area contributed by atoms with Crippen LogP contribution in [0.5, 0.6) is 0 Å². The van der Waals surface area contributed by atoms with Crippen LogP contribution in [0.15, 0.2) is 36.0 Å². The maximum absolute atomic E-state index is 11.6. The van der Waals surface area contributed by atoms with E-state index < -0.39 is 11.5 Å². The van der Waals surface area contributed by atoms with Crippen molar-refractivity contribution in [2.45, 2.75) is 18.1 Å². The zero-order chi connectivity index (χ0) is 14.8. The minimum atomic E-state index is -1.17. The number of amides is 1.